The second-order valence-corrected chi connectivity index (χ2v) is 15.6. The number of nitrogens with zero attached hydrogens (tertiary/aromatic N) is 5. The first-order valence-corrected chi connectivity index (χ1v) is 20.5. The first-order valence-electron chi connectivity index (χ1n) is 20.5. The van der Waals surface area contributed by atoms with Crippen LogP contribution >= 0.6 is 0 Å². The van der Waals surface area contributed by atoms with E-state index in [-0.39, 0.29) is 11.6 Å². The van der Waals surface area contributed by atoms with E-state index in [0.717, 1.165) is 105 Å². The predicted octanol–water partition coefficient (Wildman–Crippen LogP) is 14.2. The van der Waals surface area contributed by atoms with Crippen molar-refractivity contribution in [3.8, 4) is 67.8 Å². The van der Waals surface area contributed by atoms with E-state index in [0.29, 0.717) is 17.5 Å². The number of hydrogen-bond acceptors (Lipinski definition) is 5. The van der Waals surface area contributed by atoms with E-state index in [2.05, 4.69) is 50.2 Å². The van der Waals surface area contributed by atoms with E-state index in [1.54, 1.807) is 24.3 Å². The molecule has 0 N–H and O–H groups in total. The molecular weight excluding hydrogens is 769 g/mol. The Morgan fingerprint density at radius 2 is 0.726 bits per heavy atom. The van der Waals surface area contributed by atoms with E-state index in [1.165, 1.54) is 24.3 Å². The standard InChI is InChI=1S/C55H35F2N5/c1-32-47-43-18-9-10-19-45(43)58-51(34-20-25-41(56)26-21-34)49(47)33(2)48-44-29-24-39(31-46(44)59-52(50(32)48)35-22-27-42(57)28-23-35)38-16-11-17-40(30-38)55-61-53(36-12-5-3-6-13-36)60-54(62-55)37-14-7-4-8-15-37/h3-31H,1-2H3. The van der Waals surface area contributed by atoms with Crippen molar-refractivity contribution >= 4 is 43.4 Å². The molecule has 0 amide bonds. The quantitative estimate of drug-likeness (QED) is 0.124. The fourth-order valence-corrected chi connectivity index (χ4v) is 8.82. The molecule has 5 nitrogen and oxygen atoms in total. The van der Waals surface area contributed by atoms with Crippen molar-refractivity contribution in [2.24, 2.45) is 0 Å². The molecule has 0 radical (unpaired) electrons. The molecule has 0 aliphatic carbocycles. The Morgan fingerprint density at radius 3 is 1.29 bits per heavy atom. The molecule has 8 aromatic carbocycles. The van der Waals surface area contributed by atoms with Gasteiger partial charge in [0.05, 0.1) is 22.4 Å². The van der Waals surface area contributed by atoms with Crippen molar-refractivity contribution in [3.05, 3.63) is 199 Å². The summed E-state index contributed by atoms with van der Waals surface area (Å²) >= 11 is 0. The zero-order chi connectivity index (χ0) is 41.9. The molecule has 0 unspecified atom stereocenters. The molecule has 3 heterocycles. The Kier molecular flexibility index (Phi) is 8.90. The Bertz CT molecular complexity index is 3480. The van der Waals surface area contributed by atoms with Crippen LogP contribution in [-0.2, 0) is 0 Å². The van der Waals surface area contributed by atoms with Gasteiger partial charge < -0.3 is 0 Å². The van der Waals surface area contributed by atoms with Gasteiger partial charge in [-0.15, -0.1) is 0 Å². The summed E-state index contributed by atoms with van der Waals surface area (Å²) in [6, 6.07) is 55.8. The molecule has 62 heavy (non-hydrogen) atoms. The molecule has 0 saturated carbocycles. The molecule has 0 bridgehead atoms. The van der Waals surface area contributed by atoms with Gasteiger partial charge >= 0.3 is 0 Å². The first-order chi connectivity index (χ1) is 30.4. The van der Waals surface area contributed by atoms with Crippen molar-refractivity contribution in [1.29, 1.82) is 0 Å². The zero-order valence-corrected chi connectivity index (χ0v) is 33.7. The van der Waals surface area contributed by atoms with Crippen molar-refractivity contribution in [2.45, 2.75) is 13.8 Å². The lowest BCUT2D eigenvalue weighted by atomic mass is 9.85. The number of para-hydroxylation sites is 1. The van der Waals surface area contributed by atoms with Crippen LogP contribution in [0, 0.1) is 25.5 Å². The number of fused-ring (bicyclic) bond motifs is 6. The van der Waals surface area contributed by atoms with Gasteiger partial charge in [0, 0.05) is 49.4 Å². The molecule has 3 aromatic heterocycles. The van der Waals surface area contributed by atoms with Gasteiger partial charge in [-0.25, -0.2) is 33.7 Å². The van der Waals surface area contributed by atoms with Gasteiger partial charge in [-0.05, 0) is 114 Å². The molecule has 11 aromatic rings. The summed E-state index contributed by atoms with van der Waals surface area (Å²) < 4.78 is 28.8. The second-order valence-electron chi connectivity index (χ2n) is 15.6. The molecule has 0 saturated heterocycles. The second kappa shape index (κ2) is 14.9. The molecular formula is C55H35F2N5. The molecule has 11 rings (SSSR count). The van der Waals surface area contributed by atoms with Crippen LogP contribution in [0.25, 0.3) is 111 Å². The monoisotopic (exact) mass is 803 g/mol. The summed E-state index contributed by atoms with van der Waals surface area (Å²) in [4.78, 5) is 25.5. The maximum atomic E-state index is 14.5. The van der Waals surface area contributed by atoms with Crippen LogP contribution in [0.1, 0.15) is 11.1 Å². The number of aryl methyl sites for hydroxylation is 2. The third kappa shape index (κ3) is 6.34. The van der Waals surface area contributed by atoms with E-state index in [1.807, 2.05) is 91.0 Å². The minimum atomic E-state index is -0.315. The maximum absolute atomic E-state index is 14.5. The van der Waals surface area contributed by atoms with Crippen molar-refractivity contribution in [2.75, 3.05) is 0 Å². The minimum absolute atomic E-state index is 0.304. The third-order valence-corrected chi connectivity index (χ3v) is 11.8. The summed E-state index contributed by atoms with van der Waals surface area (Å²) in [6.07, 6.45) is 0. The highest BCUT2D eigenvalue weighted by atomic mass is 19.1. The van der Waals surface area contributed by atoms with E-state index in [4.69, 9.17) is 24.9 Å². The minimum Gasteiger partial charge on any atom is -0.247 e. The highest BCUT2D eigenvalue weighted by Crippen LogP contribution is 2.46. The van der Waals surface area contributed by atoms with Crippen LogP contribution in [0.5, 0.6) is 0 Å². The summed E-state index contributed by atoms with van der Waals surface area (Å²) in [7, 11) is 0. The smallest absolute Gasteiger partial charge is 0.164 e. The molecule has 0 atom stereocenters. The van der Waals surface area contributed by atoms with Gasteiger partial charge in [0.2, 0.25) is 0 Å². The number of halogens is 2. The lowest BCUT2D eigenvalue weighted by molar-refractivity contribution is 0.627. The molecule has 7 heteroatoms. The average molecular weight is 804 g/mol. The van der Waals surface area contributed by atoms with Gasteiger partial charge in [0.1, 0.15) is 11.6 Å². The van der Waals surface area contributed by atoms with Crippen LogP contribution in [0.4, 0.5) is 8.78 Å². The highest BCUT2D eigenvalue weighted by Gasteiger charge is 2.23. The van der Waals surface area contributed by atoms with Crippen LogP contribution < -0.4 is 0 Å². The normalized spacial score (nSPS) is 11.5. The largest absolute Gasteiger partial charge is 0.247 e. The molecule has 0 fully saturated rings. The van der Waals surface area contributed by atoms with Crippen LogP contribution in [-0.4, -0.2) is 24.9 Å². The summed E-state index contributed by atoms with van der Waals surface area (Å²) in [6.45, 7) is 4.28. The topological polar surface area (TPSA) is 64.5 Å². The Morgan fingerprint density at radius 1 is 0.306 bits per heavy atom. The van der Waals surface area contributed by atoms with Gasteiger partial charge in [-0.2, -0.15) is 0 Å². The fourth-order valence-electron chi connectivity index (χ4n) is 8.82. The zero-order valence-electron chi connectivity index (χ0n) is 33.7. The van der Waals surface area contributed by atoms with Gasteiger partial charge in [-0.3, -0.25) is 0 Å². The van der Waals surface area contributed by atoms with Crippen LogP contribution in [0.3, 0.4) is 0 Å². The highest BCUT2D eigenvalue weighted by molar-refractivity contribution is 6.25. The Labute approximate surface area is 356 Å². The number of benzene rings is 8. The summed E-state index contributed by atoms with van der Waals surface area (Å²) in [5.41, 5.74) is 11.5. The summed E-state index contributed by atoms with van der Waals surface area (Å²) in [5, 5.41) is 6.07. The third-order valence-electron chi connectivity index (χ3n) is 11.8. The number of aromatic nitrogens is 5. The Hall–Kier alpha value is -8.03. The number of hydrogen-bond donors (Lipinski definition) is 0. The van der Waals surface area contributed by atoms with Crippen LogP contribution in [0.2, 0.25) is 0 Å². The van der Waals surface area contributed by atoms with E-state index >= 15 is 0 Å². The fraction of sp³-hybridized carbons (Fsp3) is 0.0364. The molecule has 294 valence electrons. The van der Waals surface area contributed by atoms with Gasteiger partial charge in [0.25, 0.3) is 0 Å². The first kappa shape index (κ1) is 37.0. The number of pyridine rings is 2. The van der Waals surface area contributed by atoms with Crippen molar-refractivity contribution in [3.63, 3.8) is 0 Å². The lowest BCUT2D eigenvalue weighted by Crippen LogP contribution is -2.00. The SMILES string of the molecule is Cc1c2c(-c3ccc(F)cc3)nc3cc(-c4cccc(-c5nc(-c6ccccc6)nc(-c6ccccc6)n5)c4)ccc3c2c(C)c2c(-c3ccc(F)cc3)nc3ccccc3c12. The predicted molar refractivity (Wildman–Crippen MR) is 247 cm³/mol. The number of rotatable bonds is 6. The Balaban J connectivity index is 1.15. The van der Waals surface area contributed by atoms with Gasteiger partial charge in [-0.1, -0.05) is 109 Å². The maximum Gasteiger partial charge on any atom is 0.164 e. The lowest BCUT2D eigenvalue weighted by Gasteiger charge is -2.21. The molecule has 0 spiro atoms. The van der Waals surface area contributed by atoms with Crippen molar-refractivity contribution < 1.29 is 8.78 Å². The van der Waals surface area contributed by atoms with Crippen molar-refractivity contribution in [1.82, 2.24) is 24.9 Å². The summed E-state index contributed by atoms with van der Waals surface area (Å²) in [5.74, 6) is 1.14. The van der Waals surface area contributed by atoms with Crippen LogP contribution in [0.15, 0.2) is 176 Å². The van der Waals surface area contributed by atoms with Gasteiger partial charge in [0.15, 0.2) is 17.5 Å². The average Bonchev–Trinajstić information content (AvgIpc) is 3.33. The molecule has 0 aliphatic heterocycles. The molecule has 0 aliphatic rings. The van der Waals surface area contributed by atoms with E-state index < -0.39 is 0 Å². The van der Waals surface area contributed by atoms with E-state index in [9.17, 15) is 8.78 Å².